The third-order valence-electron chi connectivity index (χ3n) is 16.9. The van der Waals surface area contributed by atoms with E-state index < -0.39 is 24.3 Å². The third kappa shape index (κ3) is 68.9. The molecule has 0 spiro atoms. The van der Waals surface area contributed by atoms with Gasteiger partial charge in [-0.15, -0.1) is 0 Å². The number of carboxylic acid groups (broad SMARTS) is 1. The monoisotopic (exact) mass is 1200 g/mol. The maximum atomic E-state index is 12.9. The van der Waals surface area contributed by atoms with Crippen molar-refractivity contribution < 1.29 is 42.9 Å². The summed E-state index contributed by atoms with van der Waals surface area (Å²) in [5.74, 6) is -2.28. The van der Waals surface area contributed by atoms with Crippen LogP contribution in [-0.4, -0.2) is 82.3 Å². The summed E-state index contributed by atoms with van der Waals surface area (Å²) >= 11 is 0. The number of hydrogen-bond donors (Lipinski definition) is 0. The van der Waals surface area contributed by atoms with Gasteiger partial charge in [-0.3, -0.25) is 9.59 Å². The van der Waals surface area contributed by atoms with Crippen LogP contribution < -0.4 is 5.11 Å². The fourth-order valence-corrected chi connectivity index (χ4v) is 11.2. The highest BCUT2D eigenvalue weighted by Gasteiger charge is 2.22. The lowest BCUT2D eigenvalue weighted by molar-refractivity contribution is -0.870. The Morgan fingerprint density at radius 1 is 0.353 bits per heavy atom. The first-order valence-corrected chi connectivity index (χ1v) is 37.1. The molecule has 0 aromatic rings. The van der Waals surface area contributed by atoms with E-state index in [1.807, 2.05) is 21.1 Å². The molecule has 0 saturated carbocycles. The van der Waals surface area contributed by atoms with Gasteiger partial charge in [-0.05, 0) is 51.4 Å². The van der Waals surface area contributed by atoms with Crippen LogP contribution in [0.25, 0.3) is 0 Å². The highest BCUT2D eigenvalue weighted by Crippen LogP contribution is 2.19. The van der Waals surface area contributed by atoms with Crippen LogP contribution in [0.3, 0.4) is 0 Å². The van der Waals surface area contributed by atoms with Crippen molar-refractivity contribution in [3.05, 3.63) is 36.5 Å². The van der Waals surface area contributed by atoms with Gasteiger partial charge in [-0.1, -0.05) is 346 Å². The van der Waals surface area contributed by atoms with Crippen LogP contribution in [0, 0.1) is 0 Å². The van der Waals surface area contributed by atoms with Crippen molar-refractivity contribution >= 4 is 17.9 Å². The molecule has 0 N–H and O–H groups in total. The Labute approximate surface area is 528 Å². The summed E-state index contributed by atoms with van der Waals surface area (Å²) in [5.41, 5.74) is 0. The Hall–Kier alpha value is -2.49. The van der Waals surface area contributed by atoms with E-state index >= 15 is 0 Å². The number of unbranched alkanes of at least 4 members (excludes halogenated alkanes) is 49. The molecule has 0 saturated heterocycles. The van der Waals surface area contributed by atoms with E-state index in [4.69, 9.17) is 18.9 Å². The molecule has 500 valence electrons. The smallest absolute Gasteiger partial charge is 0.306 e. The van der Waals surface area contributed by atoms with E-state index in [2.05, 4.69) is 50.3 Å². The molecule has 0 aliphatic carbocycles. The normalized spacial score (nSPS) is 12.8. The maximum absolute atomic E-state index is 12.9. The third-order valence-corrected chi connectivity index (χ3v) is 16.9. The molecule has 0 aliphatic rings. The average molecular weight is 1200 g/mol. The van der Waals surface area contributed by atoms with E-state index in [0.29, 0.717) is 23.9 Å². The van der Waals surface area contributed by atoms with Gasteiger partial charge >= 0.3 is 11.9 Å². The zero-order valence-corrected chi connectivity index (χ0v) is 57.3. The maximum Gasteiger partial charge on any atom is 0.306 e. The highest BCUT2D eigenvalue weighted by molar-refractivity contribution is 5.70. The number of esters is 2. The minimum absolute atomic E-state index is 0.146. The molecule has 0 aliphatic heterocycles. The number of nitrogens with zero attached hydrogens (tertiary/aromatic N) is 1. The Morgan fingerprint density at radius 2 is 0.635 bits per heavy atom. The van der Waals surface area contributed by atoms with Crippen LogP contribution in [0.15, 0.2) is 36.5 Å². The quantitative estimate of drug-likeness (QED) is 0.0195. The van der Waals surface area contributed by atoms with Crippen molar-refractivity contribution in [1.29, 1.82) is 0 Å². The van der Waals surface area contributed by atoms with Crippen molar-refractivity contribution in [1.82, 2.24) is 0 Å². The predicted molar refractivity (Wildman–Crippen MR) is 362 cm³/mol. The van der Waals surface area contributed by atoms with Crippen LogP contribution in [0.1, 0.15) is 373 Å². The van der Waals surface area contributed by atoms with Crippen LogP contribution in [0.5, 0.6) is 0 Å². The van der Waals surface area contributed by atoms with E-state index in [0.717, 1.165) is 70.6 Å². The predicted octanol–water partition coefficient (Wildman–Crippen LogP) is 21.8. The van der Waals surface area contributed by atoms with E-state index in [1.165, 1.54) is 270 Å². The Kier molecular flexibility index (Phi) is 65.5. The lowest BCUT2D eigenvalue weighted by atomic mass is 10.0. The topological polar surface area (TPSA) is 111 Å². The molecule has 0 aromatic heterocycles. The number of carboxylic acids is 1. The van der Waals surface area contributed by atoms with Gasteiger partial charge in [-0.25, -0.2) is 0 Å². The second-order valence-electron chi connectivity index (χ2n) is 26.6. The van der Waals surface area contributed by atoms with Gasteiger partial charge in [0.25, 0.3) is 0 Å². The fourth-order valence-electron chi connectivity index (χ4n) is 11.2. The molecule has 0 heterocycles. The summed E-state index contributed by atoms with van der Waals surface area (Å²) in [4.78, 5) is 37.5. The van der Waals surface area contributed by atoms with Crippen molar-refractivity contribution in [3.8, 4) is 0 Å². The molecular weight excluding hydrogens is 1050 g/mol. The Bertz CT molecular complexity index is 1490. The molecule has 2 unspecified atom stereocenters. The van der Waals surface area contributed by atoms with Crippen molar-refractivity contribution in [2.75, 3.05) is 47.5 Å². The number of quaternary nitrogens is 1. The summed E-state index contributed by atoms with van der Waals surface area (Å²) in [6.07, 6.45) is 82.7. The van der Waals surface area contributed by atoms with Gasteiger partial charge in [0.2, 0.25) is 0 Å². The Morgan fingerprint density at radius 3 is 0.941 bits per heavy atom. The number of rotatable bonds is 70. The van der Waals surface area contributed by atoms with E-state index in [-0.39, 0.29) is 32.2 Å². The van der Waals surface area contributed by atoms with Gasteiger partial charge < -0.3 is 33.3 Å². The number of hydrogen-bond acceptors (Lipinski definition) is 8. The minimum Gasteiger partial charge on any atom is -0.545 e. The van der Waals surface area contributed by atoms with Crippen LogP contribution in [0.4, 0.5) is 0 Å². The average Bonchev–Trinajstić information content (AvgIpc) is 3.48. The van der Waals surface area contributed by atoms with Gasteiger partial charge in [0.1, 0.15) is 13.2 Å². The highest BCUT2D eigenvalue weighted by atomic mass is 16.7. The summed E-state index contributed by atoms with van der Waals surface area (Å²) < 4.78 is 22.8. The molecule has 0 radical (unpaired) electrons. The van der Waals surface area contributed by atoms with Crippen molar-refractivity contribution in [2.45, 2.75) is 386 Å². The number of ether oxygens (including phenoxy) is 4. The molecule has 0 amide bonds. The first-order chi connectivity index (χ1) is 41.6. The standard InChI is InChI=1S/C76H143NO8/c1-6-8-10-12-14-16-18-20-22-24-26-28-29-30-31-32-33-34-35-36-37-38-39-40-41-42-43-44-45-47-48-50-52-54-56-58-60-62-64-66-73(78)83-70-72(71-84-76(75(80)81)82-69-68-77(3,4)5)85-74(79)67-65-63-61-59-57-55-53-51-49-46-27-25-23-21-19-17-15-13-11-9-7-2/h19,21,25,27,49,51,72,76H,6-18,20,22-24,26,28-48,50,52-71H2,1-5H3/b21-19-,27-25-,51-49-. The molecule has 0 rings (SSSR count). The number of carbonyl (C=O) groups is 3. The Balaban J connectivity index is 3.95. The lowest BCUT2D eigenvalue weighted by Gasteiger charge is -2.26. The SMILES string of the molecule is CCCCCCC/C=C\C/C=C\C/C=C\CCCCCCCCC(=O)OC(COC(=O)CCCCCCCCCCCCCCCCCCCCCCCCCCCCCCCCCCCCCCCCC)COC(OCC[N+](C)(C)C)C(=O)[O-]. The summed E-state index contributed by atoms with van der Waals surface area (Å²) in [7, 11) is 5.93. The van der Waals surface area contributed by atoms with Crippen molar-refractivity contribution in [2.24, 2.45) is 0 Å². The lowest BCUT2D eigenvalue weighted by Crippen LogP contribution is -2.44. The number of carbonyl (C=O) groups excluding carboxylic acids is 3. The zero-order valence-electron chi connectivity index (χ0n) is 57.3. The number of aliphatic carboxylic acids is 1. The van der Waals surface area contributed by atoms with Crippen molar-refractivity contribution in [3.63, 3.8) is 0 Å². The van der Waals surface area contributed by atoms with Crippen LogP contribution in [-0.2, 0) is 33.3 Å². The second-order valence-corrected chi connectivity index (χ2v) is 26.6. The largest absolute Gasteiger partial charge is 0.545 e. The van der Waals surface area contributed by atoms with Crippen LogP contribution >= 0.6 is 0 Å². The van der Waals surface area contributed by atoms with Gasteiger partial charge in [-0.2, -0.15) is 0 Å². The van der Waals surface area contributed by atoms with Gasteiger partial charge in [0.05, 0.1) is 40.3 Å². The summed E-state index contributed by atoms with van der Waals surface area (Å²) in [6, 6.07) is 0. The molecular formula is C76H143NO8. The van der Waals surface area contributed by atoms with Crippen LogP contribution in [0.2, 0.25) is 0 Å². The number of allylic oxidation sites excluding steroid dienone is 6. The van der Waals surface area contributed by atoms with Gasteiger partial charge in [0.15, 0.2) is 12.4 Å². The number of likely N-dealkylation sites (N-methyl/N-ethyl adjacent to an activating group) is 1. The molecule has 2 atom stereocenters. The molecule has 0 bridgehead atoms. The molecule has 9 nitrogen and oxygen atoms in total. The summed E-state index contributed by atoms with van der Waals surface area (Å²) in [6.45, 7) is 4.78. The molecule has 0 fully saturated rings. The second kappa shape index (κ2) is 67.4. The molecule has 9 heteroatoms. The molecule has 0 aromatic carbocycles. The van der Waals surface area contributed by atoms with Gasteiger partial charge in [0, 0.05) is 12.8 Å². The van der Waals surface area contributed by atoms with E-state index in [9.17, 15) is 19.5 Å². The minimum atomic E-state index is -1.62. The fraction of sp³-hybridized carbons (Fsp3) is 0.882. The zero-order chi connectivity index (χ0) is 61.9. The first kappa shape index (κ1) is 82.5. The molecule has 85 heavy (non-hydrogen) atoms. The van der Waals surface area contributed by atoms with E-state index in [1.54, 1.807) is 0 Å². The summed E-state index contributed by atoms with van der Waals surface area (Å²) in [5, 5.41) is 11.8. The first-order valence-electron chi connectivity index (χ1n) is 37.1.